The second kappa shape index (κ2) is 2.02. The van der Waals surface area contributed by atoms with Crippen molar-refractivity contribution >= 4 is 11.0 Å². The Hall–Kier alpha value is -1.45. The summed E-state index contributed by atoms with van der Waals surface area (Å²) in [5.74, 6) is -0.462. The number of aromatic nitrogens is 3. The zero-order chi connectivity index (χ0) is 7.84. The molecule has 2 heterocycles. The predicted molar refractivity (Wildman–Crippen MR) is 38.5 cm³/mol. The lowest BCUT2D eigenvalue weighted by Gasteiger charge is -1.88. The molecule has 0 atom stereocenters. The molecule has 0 saturated carbocycles. The van der Waals surface area contributed by atoms with E-state index in [4.69, 9.17) is 0 Å². The van der Waals surface area contributed by atoms with Gasteiger partial charge in [0.25, 0.3) is 0 Å². The van der Waals surface area contributed by atoms with Crippen LogP contribution in [0, 0.1) is 5.95 Å². The standard InChI is InChI=1S/C7H6FN3/c1-11-7-5(6(8)10-11)3-2-4-9-7/h2-4H,1H3. The molecular weight excluding hydrogens is 145 g/mol. The number of hydrogen-bond acceptors (Lipinski definition) is 2. The van der Waals surface area contributed by atoms with Crippen LogP contribution in [-0.2, 0) is 7.05 Å². The third-order valence-electron chi connectivity index (χ3n) is 1.55. The van der Waals surface area contributed by atoms with E-state index >= 15 is 0 Å². The van der Waals surface area contributed by atoms with Crippen LogP contribution in [0.25, 0.3) is 11.0 Å². The maximum atomic E-state index is 12.8. The van der Waals surface area contributed by atoms with Gasteiger partial charge >= 0.3 is 0 Å². The molecule has 2 aromatic rings. The molecule has 0 spiro atoms. The van der Waals surface area contributed by atoms with Gasteiger partial charge in [-0.1, -0.05) is 0 Å². The lowest BCUT2D eigenvalue weighted by Crippen LogP contribution is -1.90. The second-order valence-corrected chi connectivity index (χ2v) is 2.29. The molecule has 56 valence electrons. The minimum atomic E-state index is -0.462. The van der Waals surface area contributed by atoms with E-state index in [-0.39, 0.29) is 0 Å². The highest BCUT2D eigenvalue weighted by atomic mass is 19.1. The number of rotatable bonds is 0. The highest BCUT2D eigenvalue weighted by Crippen LogP contribution is 2.12. The van der Waals surface area contributed by atoms with Gasteiger partial charge in [0.2, 0.25) is 5.95 Å². The van der Waals surface area contributed by atoms with E-state index in [0.29, 0.717) is 11.0 Å². The average molecular weight is 151 g/mol. The molecule has 2 aromatic heterocycles. The van der Waals surface area contributed by atoms with Gasteiger partial charge in [0, 0.05) is 13.2 Å². The first kappa shape index (κ1) is 6.27. The van der Waals surface area contributed by atoms with E-state index in [0.717, 1.165) is 0 Å². The molecule has 3 nitrogen and oxygen atoms in total. The predicted octanol–water partition coefficient (Wildman–Crippen LogP) is 1.11. The van der Waals surface area contributed by atoms with Crippen LogP contribution in [-0.4, -0.2) is 14.8 Å². The quantitative estimate of drug-likeness (QED) is 0.564. The van der Waals surface area contributed by atoms with E-state index in [1.54, 1.807) is 25.4 Å². The third-order valence-corrected chi connectivity index (χ3v) is 1.55. The molecule has 11 heavy (non-hydrogen) atoms. The summed E-state index contributed by atoms with van der Waals surface area (Å²) in [7, 11) is 1.67. The Kier molecular flexibility index (Phi) is 1.15. The molecule has 0 radical (unpaired) electrons. The zero-order valence-electron chi connectivity index (χ0n) is 5.95. The van der Waals surface area contributed by atoms with Gasteiger partial charge in [-0.3, -0.25) is 0 Å². The first-order valence-corrected chi connectivity index (χ1v) is 3.22. The van der Waals surface area contributed by atoms with E-state index in [9.17, 15) is 4.39 Å². The highest BCUT2D eigenvalue weighted by molar-refractivity contribution is 5.74. The van der Waals surface area contributed by atoms with Crippen molar-refractivity contribution in [2.75, 3.05) is 0 Å². The molecule has 0 bridgehead atoms. The van der Waals surface area contributed by atoms with Crippen molar-refractivity contribution in [1.82, 2.24) is 14.8 Å². The fourth-order valence-corrected chi connectivity index (χ4v) is 1.05. The SMILES string of the molecule is Cn1nc(F)c2cccnc21. The first-order valence-electron chi connectivity index (χ1n) is 3.22. The van der Waals surface area contributed by atoms with Crippen molar-refractivity contribution in [3.63, 3.8) is 0 Å². The van der Waals surface area contributed by atoms with Gasteiger partial charge < -0.3 is 0 Å². The summed E-state index contributed by atoms with van der Waals surface area (Å²) in [6, 6.07) is 3.34. The second-order valence-electron chi connectivity index (χ2n) is 2.29. The summed E-state index contributed by atoms with van der Waals surface area (Å²) in [5.41, 5.74) is 0.574. The summed E-state index contributed by atoms with van der Waals surface area (Å²) in [5, 5.41) is 4.05. The monoisotopic (exact) mass is 151 g/mol. The Bertz CT molecular complexity index is 357. The van der Waals surface area contributed by atoms with E-state index < -0.39 is 5.95 Å². The number of pyridine rings is 1. The fourth-order valence-electron chi connectivity index (χ4n) is 1.05. The topological polar surface area (TPSA) is 30.7 Å². The molecule has 0 N–H and O–H groups in total. The number of fused-ring (bicyclic) bond motifs is 1. The number of hydrogen-bond donors (Lipinski definition) is 0. The smallest absolute Gasteiger partial charge is 0.242 e. The summed E-state index contributed by atoms with van der Waals surface area (Å²) in [4.78, 5) is 3.96. The Morgan fingerprint density at radius 1 is 1.55 bits per heavy atom. The summed E-state index contributed by atoms with van der Waals surface area (Å²) >= 11 is 0. The maximum absolute atomic E-state index is 12.8. The largest absolute Gasteiger partial charge is 0.247 e. The highest BCUT2D eigenvalue weighted by Gasteiger charge is 2.06. The first-order chi connectivity index (χ1) is 5.29. The molecule has 0 saturated heterocycles. The molecule has 4 heteroatoms. The minimum absolute atomic E-state index is 0.462. The molecule has 0 aromatic carbocycles. The number of aryl methyl sites for hydroxylation is 1. The van der Waals surface area contributed by atoms with Gasteiger partial charge in [0.05, 0.1) is 5.39 Å². The van der Waals surface area contributed by atoms with Crippen molar-refractivity contribution in [3.05, 3.63) is 24.3 Å². The van der Waals surface area contributed by atoms with E-state index in [1.807, 2.05) is 0 Å². The Balaban J connectivity index is 2.95. The van der Waals surface area contributed by atoms with Crippen LogP contribution in [0.5, 0.6) is 0 Å². The normalized spacial score (nSPS) is 10.7. The van der Waals surface area contributed by atoms with Crippen molar-refractivity contribution < 1.29 is 4.39 Å². The van der Waals surface area contributed by atoms with Crippen LogP contribution in [0.2, 0.25) is 0 Å². The molecule has 0 amide bonds. The Morgan fingerprint density at radius 2 is 2.36 bits per heavy atom. The van der Waals surface area contributed by atoms with Crippen LogP contribution in [0.1, 0.15) is 0 Å². The maximum Gasteiger partial charge on any atom is 0.242 e. The van der Waals surface area contributed by atoms with Crippen molar-refractivity contribution in [1.29, 1.82) is 0 Å². The zero-order valence-corrected chi connectivity index (χ0v) is 5.95. The number of nitrogens with zero attached hydrogens (tertiary/aromatic N) is 3. The lowest BCUT2D eigenvalue weighted by atomic mass is 10.3. The van der Waals surface area contributed by atoms with Gasteiger partial charge in [0.1, 0.15) is 0 Å². The molecule has 0 aliphatic rings. The van der Waals surface area contributed by atoms with Crippen LogP contribution in [0.3, 0.4) is 0 Å². The van der Waals surface area contributed by atoms with Crippen LogP contribution >= 0.6 is 0 Å². The van der Waals surface area contributed by atoms with Gasteiger partial charge in [-0.15, -0.1) is 5.10 Å². The van der Waals surface area contributed by atoms with Crippen LogP contribution in [0.15, 0.2) is 18.3 Å². The molecule has 0 aliphatic carbocycles. The van der Waals surface area contributed by atoms with Crippen molar-refractivity contribution in [2.24, 2.45) is 7.05 Å². The molecule has 0 fully saturated rings. The molecular formula is C7H6FN3. The fraction of sp³-hybridized carbons (Fsp3) is 0.143. The van der Waals surface area contributed by atoms with Gasteiger partial charge in [-0.25, -0.2) is 9.67 Å². The van der Waals surface area contributed by atoms with E-state index in [2.05, 4.69) is 10.1 Å². The summed E-state index contributed by atoms with van der Waals surface area (Å²) < 4.78 is 14.3. The molecule has 0 unspecified atom stereocenters. The summed E-state index contributed by atoms with van der Waals surface area (Å²) in [6.45, 7) is 0. The Labute approximate surface area is 62.5 Å². The summed E-state index contributed by atoms with van der Waals surface area (Å²) in [6.07, 6.45) is 1.61. The van der Waals surface area contributed by atoms with Crippen molar-refractivity contribution in [3.8, 4) is 0 Å². The van der Waals surface area contributed by atoms with Crippen LogP contribution < -0.4 is 0 Å². The minimum Gasteiger partial charge on any atom is -0.247 e. The third kappa shape index (κ3) is 0.790. The van der Waals surface area contributed by atoms with E-state index in [1.165, 1.54) is 4.68 Å². The van der Waals surface area contributed by atoms with Gasteiger partial charge in [-0.2, -0.15) is 4.39 Å². The molecule has 0 aliphatic heterocycles. The van der Waals surface area contributed by atoms with Crippen molar-refractivity contribution in [2.45, 2.75) is 0 Å². The number of halogens is 1. The Morgan fingerprint density at radius 3 is 3.09 bits per heavy atom. The van der Waals surface area contributed by atoms with Gasteiger partial charge in [0.15, 0.2) is 5.65 Å². The lowest BCUT2D eigenvalue weighted by molar-refractivity contribution is 0.561. The van der Waals surface area contributed by atoms with Crippen LogP contribution in [0.4, 0.5) is 4.39 Å². The average Bonchev–Trinajstić information content (AvgIpc) is 2.30. The van der Waals surface area contributed by atoms with Gasteiger partial charge in [-0.05, 0) is 12.1 Å². The molecule has 2 rings (SSSR count).